The Morgan fingerprint density at radius 2 is 0.539 bits per heavy atom. The van der Waals surface area contributed by atoms with E-state index in [2.05, 4.69) is 431 Å². The summed E-state index contributed by atoms with van der Waals surface area (Å²) in [6.07, 6.45) is 0. The Morgan fingerprint density at radius 3 is 0.969 bits per heavy atom. The highest BCUT2D eigenvalue weighted by molar-refractivity contribution is 7.00. The Hall–Kier alpha value is -14.9. The Kier molecular flexibility index (Phi) is 19.8. The third-order valence-electron chi connectivity index (χ3n) is 25.8. The highest BCUT2D eigenvalue weighted by atomic mass is 15.2. The van der Waals surface area contributed by atoms with E-state index in [-0.39, 0.29) is 28.4 Å². The summed E-state index contributed by atoms with van der Waals surface area (Å²) in [7, 11) is 0. The zero-order valence-electron chi connectivity index (χ0n) is 74.5. The van der Waals surface area contributed by atoms with Gasteiger partial charge in [-0.15, -0.1) is 0 Å². The predicted molar refractivity (Wildman–Crippen MR) is 538 cm³/mol. The lowest BCUT2D eigenvalue weighted by molar-refractivity contribution is 0.568. The maximum atomic E-state index is 5.53. The minimum absolute atomic E-state index is 0.103. The van der Waals surface area contributed by atoms with Crippen LogP contribution in [0.25, 0.3) is 151 Å². The molecule has 21 rings (SSSR count). The standard InChI is InChI=1S/C119H99BN8/c1-116(2,3)91-63-88(64-92(73-91)117(4,5)6)85-52-61-107-100(69-85)120-101-70-86(89-65-93(118(7,8)9)74-94(66-89)119(10,11)12)53-62-108(101)127(96-57-49-79(50-58-96)77-35-21-14-22-36-77)110-72-90(71-109(111(110)120)126(107)95-55-47-78(48-56-95)76-33-19-13-20-34-76)84-51-59-105-98(67-84)97-45-31-32-46-104(97)128(105)106-60-54-87(114-121-102(80-37-23-15-24-38-80)75-103(122-114)81-39-25-16-26-40-81)68-99(106)115-124-112(82-41-27-17-28-42-82)123-113(125-115)83-43-29-18-30-44-83/h13-75H,1-12H3. The van der Waals surface area contributed by atoms with E-state index in [0.29, 0.717) is 23.3 Å². The fraction of sp³-hybridized carbons (Fsp3) is 0.134. The van der Waals surface area contributed by atoms with Crippen molar-refractivity contribution in [1.82, 2.24) is 29.5 Å². The lowest BCUT2D eigenvalue weighted by Crippen LogP contribution is -2.61. The van der Waals surface area contributed by atoms with Crippen molar-refractivity contribution >= 4 is 79.0 Å². The third kappa shape index (κ3) is 14.9. The van der Waals surface area contributed by atoms with Gasteiger partial charge in [-0.3, -0.25) is 0 Å². The molecular formula is C119H99BN8. The number of hydrogen-bond donors (Lipinski definition) is 0. The van der Waals surface area contributed by atoms with Crippen LogP contribution < -0.4 is 26.2 Å². The molecule has 0 atom stereocenters. The molecule has 0 aliphatic carbocycles. The van der Waals surface area contributed by atoms with Crippen molar-refractivity contribution in [2.75, 3.05) is 9.80 Å². The van der Waals surface area contributed by atoms with E-state index in [0.717, 1.165) is 129 Å². The molecule has 0 saturated carbocycles. The van der Waals surface area contributed by atoms with E-state index in [1.165, 1.54) is 72.0 Å². The first-order chi connectivity index (χ1) is 61.9. The number of anilines is 6. The summed E-state index contributed by atoms with van der Waals surface area (Å²) in [4.78, 5) is 32.3. The molecule has 0 spiro atoms. The van der Waals surface area contributed by atoms with Gasteiger partial charge in [0.05, 0.1) is 28.1 Å². The Morgan fingerprint density at radius 1 is 0.211 bits per heavy atom. The molecule has 3 aromatic heterocycles. The van der Waals surface area contributed by atoms with Gasteiger partial charge >= 0.3 is 0 Å². The molecule has 0 radical (unpaired) electrons. The van der Waals surface area contributed by atoms with Gasteiger partial charge in [0.15, 0.2) is 23.3 Å². The van der Waals surface area contributed by atoms with Crippen LogP contribution in [0, 0.1) is 0 Å². The molecule has 2 aliphatic heterocycles. The first-order valence-electron chi connectivity index (χ1n) is 44.7. The van der Waals surface area contributed by atoms with Gasteiger partial charge in [-0.25, -0.2) is 24.9 Å². The van der Waals surface area contributed by atoms with Crippen molar-refractivity contribution in [2.24, 2.45) is 0 Å². The number of aromatic nitrogens is 6. The van der Waals surface area contributed by atoms with Gasteiger partial charge in [0, 0.05) is 78.3 Å². The summed E-state index contributed by atoms with van der Waals surface area (Å²) in [5.41, 5.74) is 36.6. The molecule has 9 heteroatoms. The van der Waals surface area contributed by atoms with Gasteiger partial charge in [0.1, 0.15) is 0 Å². The first kappa shape index (κ1) is 80.2. The largest absolute Gasteiger partial charge is 0.311 e. The SMILES string of the molecule is CC(C)(C)c1cc(-c2ccc3c(c2)B2c4cc(-c5cc(C(C)(C)C)cc(C(C)(C)C)c5)ccc4N(c4ccc(-c5ccccc5)cc4)c4cc(-c5ccc6c(c5)c5ccccc5n6-c5ccc(-c6nc(-c7ccccc7)cc(-c7ccccc7)n6)cc5-c5nc(-c6ccccc6)nc(-c6ccccc6)n5)cc(c42)N3c2ccc(-c3ccccc3)cc2)cc(C(C)(C)C)c1. The van der Waals surface area contributed by atoms with E-state index < -0.39 is 0 Å². The number of rotatable bonds is 14. The second kappa shape index (κ2) is 31.6. The molecule has 0 amide bonds. The molecule has 0 unspecified atom stereocenters. The molecule has 0 fully saturated rings. The van der Waals surface area contributed by atoms with Crippen LogP contribution in [-0.2, 0) is 21.7 Å². The Bertz CT molecular complexity index is 7070. The number of fused-ring (bicyclic) bond motifs is 7. The molecule has 0 bridgehead atoms. The van der Waals surface area contributed by atoms with Crippen LogP contribution in [0.5, 0.6) is 0 Å². The van der Waals surface area contributed by atoms with E-state index in [4.69, 9.17) is 24.9 Å². The summed E-state index contributed by atoms with van der Waals surface area (Å²) in [5.74, 6) is 2.19. The van der Waals surface area contributed by atoms with E-state index >= 15 is 0 Å². The molecule has 0 saturated heterocycles. The van der Waals surface area contributed by atoms with Crippen LogP contribution in [0.2, 0.25) is 0 Å². The first-order valence-corrected chi connectivity index (χ1v) is 44.7. The zero-order valence-corrected chi connectivity index (χ0v) is 74.5. The number of para-hydroxylation sites is 1. The predicted octanol–water partition coefficient (Wildman–Crippen LogP) is 29.4. The average molecular weight is 1650 g/mol. The van der Waals surface area contributed by atoms with Crippen molar-refractivity contribution in [3.05, 3.63) is 404 Å². The summed E-state index contributed by atoms with van der Waals surface area (Å²) in [6, 6.07) is 140. The highest BCUT2D eigenvalue weighted by Gasteiger charge is 2.45. The average Bonchev–Trinajstić information content (AvgIpc) is 0.776. The normalized spacial score (nSPS) is 12.6. The zero-order chi connectivity index (χ0) is 87.5. The van der Waals surface area contributed by atoms with Gasteiger partial charge in [-0.2, -0.15) is 0 Å². The maximum absolute atomic E-state index is 5.53. The summed E-state index contributed by atoms with van der Waals surface area (Å²) in [5, 5.41) is 2.18. The summed E-state index contributed by atoms with van der Waals surface area (Å²) < 4.78 is 2.41. The molecule has 618 valence electrons. The van der Waals surface area contributed by atoms with Crippen LogP contribution in [-0.4, -0.2) is 36.2 Å². The molecule has 0 N–H and O–H groups in total. The quantitative estimate of drug-likeness (QED) is 0.100. The molecule has 19 aromatic rings. The van der Waals surface area contributed by atoms with Gasteiger partial charge < -0.3 is 14.4 Å². The molecule has 8 nitrogen and oxygen atoms in total. The Labute approximate surface area is 751 Å². The fourth-order valence-corrected chi connectivity index (χ4v) is 18.8. The monoisotopic (exact) mass is 1650 g/mol. The van der Waals surface area contributed by atoms with Crippen LogP contribution in [0.1, 0.15) is 105 Å². The molecule has 5 heterocycles. The maximum Gasteiger partial charge on any atom is 0.252 e. The van der Waals surface area contributed by atoms with E-state index in [1.807, 2.05) is 48.5 Å². The molecule has 128 heavy (non-hydrogen) atoms. The number of hydrogen-bond acceptors (Lipinski definition) is 7. The lowest BCUT2D eigenvalue weighted by Gasteiger charge is -2.45. The van der Waals surface area contributed by atoms with Gasteiger partial charge in [0.2, 0.25) is 0 Å². The van der Waals surface area contributed by atoms with Crippen molar-refractivity contribution in [3.63, 3.8) is 0 Å². The third-order valence-corrected chi connectivity index (χ3v) is 25.8. The highest BCUT2D eigenvalue weighted by Crippen LogP contribution is 2.51. The van der Waals surface area contributed by atoms with Crippen molar-refractivity contribution in [1.29, 1.82) is 0 Å². The van der Waals surface area contributed by atoms with Crippen LogP contribution in [0.4, 0.5) is 34.1 Å². The van der Waals surface area contributed by atoms with Crippen LogP contribution >= 0.6 is 0 Å². The smallest absolute Gasteiger partial charge is 0.252 e. The number of benzene rings is 16. The summed E-state index contributed by atoms with van der Waals surface area (Å²) >= 11 is 0. The van der Waals surface area contributed by atoms with E-state index in [9.17, 15) is 0 Å². The van der Waals surface area contributed by atoms with Gasteiger partial charge in [0.25, 0.3) is 6.71 Å². The lowest BCUT2D eigenvalue weighted by atomic mass is 9.33. The van der Waals surface area contributed by atoms with Gasteiger partial charge in [-0.05, 0) is 207 Å². The van der Waals surface area contributed by atoms with Crippen molar-refractivity contribution < 1.29 is 0 Å². The molecule has 2 aliphatic rings. The Balaban J connectivity index is 0.822. The number of nitrogens with zero attached hydrogens (tertiary/aromatic N) is 8. The second-order valence-electron chi connectivity index (χ2n) is 38.6. The second-order valence-corrected chi connectivity index (χ2v) is 38.6. The minimum Gasteiger partial charge on any atom is -0.311 e. The van der Waals surface area contributed by atoms with Crippen LogP contribution in [0.3, 0.4) is 0 Å². The van der Waals surface area contributed by atoms with Crippen molar-refractivity contribution in [3.8, 4) is 129 Å². The molecule has 16 aromatic carbocycles. The molecular weight excluding hydrogens is 1550 g/mol. The van der Waals surface area contributed by atoms with Crippen LogP contribution in [0.15, 0.2) is 382 Å². The minimum atomic E-state index is -0.248. The fourth-order valence-electron chi connectivity index (χ4n) is 18.8. The van der Waals surface area contributed by atoms with Gasteiger partial charge in [-0.1, -0.05) is 374 Å². The van der Waals surface area contributed by atoms with E-state index in [1.54, 1.807) is 0 Å². The topological polar surface area (TPSA) is 75.9 Å². The van der Waals surface area contributed by atoms with Crippen molar-refractivity contribution in [2.45, 2.75) is 105 Å². The summed E-state index contributed by atoms with van der Waals surface area (Å²) in [6.45, 7) is 27.9.